The van der Waals surface area contributed by atoms with Crippen molar-refractivity contribution in [3.8, 4) is 0 Å². The number of nitrogens with zero attached hydrogens (tertiary/aromatic N) is 1. The Morgan fingerprint density at radius 2 is 1.66 bits per heavy atom. The van der Waals surface area contributed by atoms with Gasteiger partial charge in [0, 0.05) is 16.2 Å². The van der Waals surface area contributed by atoms with Crippen LogP contribution in [-0.2, 0) is 12.7 Å². The molecule has 4 rings (SSSR count). The van der Waals surface area contributed by atoms with Crippen LogP contribution < -0.4 is 10.5 Å². The summed E-state index contributed by atoms with van der Waals surface area (Å²) in [5, 5.41) is 0.974. The van der Waals surface area contributed by atoms with Gasteiger partial charge in [0.15, 0.2) is 0 Å². The van der Waals surface area contributed by atoms with E-state index in [1.165, 1.54) is 18.2 Å². The summed E-state index contributed by atoms with van der Waals surface area (Å²) in [4.78, 5) is 29.9. The number of rotatable bonds is 4. The van der Waals surface area contributed by atoms with Crippen LogP contribution in [0, 0.1) is 0 Å². The molecule has 8 heteroatoms. The van der Waals surface area contributed by atoms with Gasteiger partial charge in [-0.05, 0) is 47.3 Å². The Kier molecular flexibility index (Phi) is 5.76. The van der Waals surface area contributed by atoms with Gasteiger partial charge in [0.2, 0.25) is 0 Å². The topological polar surface area (TPSA) is 53.2 Å². The number of hydrogen-bond acceptors (Lipinski definition) is 2. The number of hydrogen-bond donors (Lipinski definition) is 1. The van der Waals surface area contributed by atoms with Crippen molar-refractivity contribution < 1.29 is 18.0 Å². The van der Waals surface area contributed by atoms with E-state index < -0.39 is 23.2 Å². The summed E-state index contributed by atoms with van der Waals surface area (Å²) in [7, 11) is 0. The minimum Gasteiger partial charge on any atom is -0.321 e. The summed E-state index contributed by atoms with van der Waals surface area (Å²) in [6.45, 7) is -0.119. The number of pyridine rings is 1. The van der Waals surface area contributed by atoms with Gasteiger partial charge in [-0.15, -0.1) is 0 Å². The summed E-state index contributed by atoms with van der Waals surface area (Å²) in [6, 6.07) is 19.5. The second kappa shape index (κ2) is 8.51. The highest BCUT2D eigenvalue weighted by molar-refractivity contribution is 6.31. The summed E-state index contributed by atoms with van der Waals surface area (Å²) in [5.41, 5.74) is -0.655. The first kappa shape index (κ1) is 21.6. The largest absolute Gasteiger partial charge is 0.416 e. The zero-order chi connectivity index (χ0) is 22.9. The van der Waals surface area contributed by atoms with Gasteiger partial charge in [0.05, 0.1) is 12.1 Å². The smallest absolute Gasteiger partial charge is 0.321 e. The number of halogens is 4. The molecule has 3 aromatic carbocycles. The van der Waals surface area contributed by atoms with Gasteiger partial charge in [0.1, 0.15) is 5.56 Å². The van der Waals surface area contributed by atoms with Gasteiger partial charge in [-0.2, -0.15) is 13.2 Å². The van der Waals surface area contributed by atoms with Crippen molar-refractivity contribution in [2.24, 2.45) is 0 Å². The predicted molar refractivity (Wildman–Crippen MR) is 118 cm³/mol. The van der Waals surface area contributed by atoms with Crippen molar-refractivity contribution in [3.63, 3.8) is 0 Å². The molecular formula is C24H16ClF3N2O2. The first-order chi connectivity index (χ1) is 15.2. The number of fused-ring (bicyclic) bond motifs is 1. The number of aromatic amines is 1. The van der Waals surface area contributed by atoms with Gasteiger partial charge >= 0.3 is 6.18 Å². The molecule has 0 aliphatic rings. The lowest BCUT2D eigenvalue weighted by Gasteiger charge is -2.24. The zero-order valence-electron chi connectivity index (χ0n) is 16.5. The molecule has 1 heterocycles. The van der Waals surface area contributed by atoms with Crippen LogP contribution >= 0.6 is 11.6 Å². The second-order valence-corrected chi connectivity index (χ2v) is 7.54. The van der Waals surface area contributed by atoms with Crippen LogP contribution in [-0.4, -0.2) is 10.9 Å². The number of nitrogens with one attached hydrogen (secondary N) is 1. The fourth-order valence-corrected chi connectivity index (χ4v) is 3.57. The second-order valence-electron chi connectivity index (χ2n) is 7.13. The Morgan fingerprint density at radius 1 is 0.938 bits per heavy atom. The number of alkyl halides is 3. The SMILES string of the molecule is O=C(c1cc2ccccc2[nH]c1=O)N(Cc1ccccc1Cl)c1cccc(C(F)(F)F)c1. The van der Waals surface area contributed by atoms with Crippen LogP contribution in [0.15, 0.2) is 83.7 Å². The minimum absolute atomic E-state index is 0.00250. The van der Waals surface area contributed by atoms with E-state index >= 15 is 0 Å². The van der Waals surface area contributed by atoms with Crippen LogP contribution in [0.3, 0.4) is 0 Å². The molecule has 32 heavy (non-hydrogen) atoms. The molecule has 0 atom stereocenters. The van der Waals surface area contributed by atoms with Crippen LogP contribution in [0.1, 0.15) is 21.5 Å². The standard InChI is InChI=1S/C24H16ClF3N2O2/c25-20-10-3-1-7-16(20)14-30(18-9-5-8-17(13-18)24(26,27)28)23(32)19-12-15-6-2-4-11-21(15)29-22(19)31/h1-13H,14H2,(H,29,31). The maximum Gasteiger partial charge on any atom is 0.416 e. The lowest BCUT2D eigenvalue weighted by Crippen LogP contribution is -2.34. The molecule has 0 saturated heterocycles. The van der Waals surface area contributed by atoms with Crippen LogP contribution in [0.4, 0.5) is 18.9 Å². The number of anilines is 1. The van der Waals surface area contributed by atoms with E-state index in [4.69, 9.17) is 11.6 Å². The van der Waals surface area contributed by atoms with E-state index in [1.54, 1.807) is 48.5 Å². The van der Waals surface area contributed by atoms with E-state index in [0.717, 1.165) is 17.0 Å². The third-order valence-electron chi connectivity index (χ3n) is 5.00. The fourth-order valence-electron chi connectivity index (χ4n) is 3.38. The first-order valence-corrected chi connectivity index (χ1v) is 9.96. The van der Waals surface area contributed by atoms with E-state index in [1.807, 2.05) is 0 Å². The number of benzene rings is 3. The number of aromatic nitrogens is 1. The van der Waals surface area contributed by atoms with Gasteiger partial charge in [-0.25, -0.2) is 0 Å². The van der Waals surface area contributed by atoms with Crippen molar-refractivity contribution in [3.05, 3.63) is 111 Å². The van der Waals surface area contributed by atoms with Crippen molar-refractivity contribution in [1.82, 2.24) is 4.98 Å². The quantitative estimate of drug-likeness (QED) is 0.406. The normalized spacial score (nSPS) is 11.5. The highest BCUT2D eigenvalue weighted by atomic mass is 35.5. The number of H-pyrrole nitrogens is 1. The maximum absolute atomic E-state index is 13.5. The Morgan fingerprint density at radius 3 is 2.41 bits per heavy atom. The summed E-state index contributed by atoms with van der Waals surface area (Å²) in [5.74, 6) is -0.740. The summed E-state index contributed by atoms with van der Waals surface area (Å²) < 4.78 is 39.9. The molecular weight excluding hydrogens is 441 g/mol. The molecule has 1 amide bonds. The van der Waals surface area contributed by atoms with E-state index in [2.05, 4.69) is 4.98 Å². The molecule has 0 aliphatic heterocycles. The molecule has 4 nitrogen and oxygen atoms in total. The third-order valence-corrected chi connectivity index (χ3v) is 5.37. The minimum atomic E-state index is -4.59. The predicted octanol–water partition coefficient (Wildman–Crippen LogP) is 6.05. The van der Waals surface area contributed by atoms with Crippen molar-refractivity contribution in [2.45, 2.75) is 12.7 Å². The Hall–Kier alpha value is -3.58. The number of para-hydroxylation sites is 1. The Balaban J connectivity index is 1.84. The van der Waals surface area contributed by atoms with Gasteiger partial charge in [-0.1, -0.05) is 54.1 Å². The third kappa shape index (κ3) is 4.38. The fraction of sp³-hybridized carbons (Fsp3) is 0.0833. The zero-order valence-corrected chi connectivity index (χ0v) is 17.2. The van der Waals surface area contributed by atoms with Crippen molar-refractivity contribution in [2.75, 3.05) is 4.90 Å². The molecule has 0 saturated carbocycles. The summed E-state index contributed by atoms with van der Waals surface area (Å²) in [6.07, 6.45) is -4.59. The molecule has 0 fully saturated rings. The van der Waals surface area contributed by atoms with E-state index in [-0.39, 0.29) is 17.8 Å². The van der Waals surface area contributed by atoms with Crippen molar-refractivity contribution in [1.29, 1.82) is 0 Å². The monoisotopic (exact) mass is 456 g/mol. The molecule has 0 aliphatic carbocycles. The molecule has 0 spiro atoms. The molecule has 4 aromatic rings. The Bertz CT molecular complexity index is 1370. The molecule has 0 bridgehead atoms. The highest BCUT2D eigenvalue weighted by Gasteiger charge is 2.32. The first-order valence-electron chi connectivity index (χ1n) is 9.58. The average molecular weight is 457 g/mol. The molecule has 0 radical (unpaired) electrons. The van der Waals surface area contributed by atoms with Crippen LogP contribution in [0.2, 0.25) is 5.02 Å². The average Bonchev–Trinajstić information content (AvgIpc) is 2.77. The summed E-state index contributed by atoms with van der Waals surface area (Å²) >= 11 is 6.23. The Labute approximate surface area is 185 Å². The lowest BCUT2D eigenvalue weighted by molar-refractivity contribution is -0.137. The highest BCUT2D eigenvalue weighted by Crippen LogP contribution is 2.33. The van der Waals surface area contributed by atoms with Crippen LogP contribution in [0.5, 0.6) is 0 Å². The molecule has 0 unspecified atom stereocenters. The number of carbonyl (C=O) groups is 1. The van der Waals surface area contributed by atoms with Gasteiger partial charge in [-0.3, -0.25) is 9.59 Å². The molecule has 1 N–H and O–H groups in total. The number of amides is 1. The van der Waals surface area contributed by atoms with Crippen molar-refractivity contribution >= 4 is 34.1 Å². The van der Waals surface area contributed by atoms with Gasteiger partial charge in [0.25, 0.3) is 11.5 Å². The maximum atomic E-state index is 13.5. The molecule has 162 valence electrons. The van der Waals surface area contributed by atoms with E-state index in [9.17, 15) is 22.8 Å². The van der Waals surface area contributed by atoms with Gasteiger partial charge < -0.3 is 9.88 Å². The lowest BCUT2D eigenvalue weighted by atomic mass is 10.1. The van der Waals surface area contributed by atoms with Crippen LogP contribution in [0.25, 0.3) is 10.9 Å². The number of carbonyl (C=O) groups excluding carboxylic acids is 1. The molecule has 1 aromatic heterocycles. The van der Waals surface area contributed by atoms with E-state index in [0.29, 0.717) is 21.5 Å².